The van der Waals surface area contributed by atoms with E-state index in [1.807, 2.05) is 12.1 Å². The normalized spacial score (nSPS) is 12.5. The molecule has 13 heavy (non-hydrogen) atoms. The molecule has 1 aromatic rings. The lowest BCUT2D eigenvalue weighted by Gasteiger charge is -2.07. The summed E-state index contributed by atoms with van der Waals surface area (Å²) in [7, 11) is 1.56. The fraction of sp³-hybridized carbons (Fsp3) is 0.400. The summed E-state index contributed by atoms with van der Waals surface area (Å²) in [6.45, 7) is 2.15. The lowest BCUT2D eigenvalue weighted by molar-refractivity contribution is 0.373. The molecule has 0 heterocycles. The van der Waals surface area contributed by atoms with Crippen LogP contribution in [0, 0.1) is 0 Å². The summed E-state index contributed by atoms with van der Waals surface area (Å²) in [6, 6.07) is 5.48. The lowest BCUT2D eigenvalue weighted by Crippen LogP contribution is -1.96. The Bertz CT molecular complexity index is 284. The summed E-state index contributed by atoms with van der Waals surface area (Å²) in [5.41, 5.74) is 1.19. The number of ether oxygens (including phenoxy) is 1. The fourth-order valence-electron chi connectivity index (χ4n) is 1.17. The molecule has 2 nitrogen and oxygen atoms in total. The van der Waals surface area contributed by atoms with Crippen LogP contribution in [-0.2, 0) is 6.42 Å². The molecule has 0 saturated heterocycles. The third-order valence-corrected chi connectivity index (χ3v) is 2.20. The number of methoxy groups -OCH3 is 1. The van der Waals surface area contributed by atoms with Crippen molar-refractivity contribution in [2.24, 2.45) is 0 Å². The van der Waals surface area contributed by atoms with Gasteiger partial charge in [-0.05, 0) is 24.1 Å². The molecule has 0 fully saturated rings. The van der Waals surface area contributed by atoms with Crippen molar-refractivity contribution in [2.45, 2.75) is 17.3 Å². The highest BCUT2D eigenvalue weighted by atomic mass is 127. The number of aromatic hydroxyl groups is 1. The van der Waals surface area contributed by atoms with Crippen molar-refractivity contribution < 1.29 is 9.84 Å². The van der Waals surface area contributed by atoms with Gasteiger partial charge in [0.1, 0.15) is 0 Å². The first-order valence-corrected chi connectivity index (χ1v) is 5.38. The van der Waals surface area contributed by atoms with Crippen LogP contribution in [0.4, 0.5) is 0 Å². The second kappa shape index (κ2) is 4.69. The predicted molar refractivity (Wildman–Crippen MR) is 61.8 cm³/mol. The SMILES string of the molecule is COc1cc(CC(C)I)ccc1O. The molecule has 0 bridgehead atoms. The molecular weight excluding hydrogens is 279 g/mol. The van der Waals surface area contributed by atoms with Crippen molar-refractivity contribution in [3.63, 3.8) is 0 Å². The topological polar surface area (TPSA) is 29.5 Å². The molecule has 0 spiro atoms. The largest absolute Gasteiger partial charge is 0.504 e. The van der Waals surface area contributed by atoms with Crippen LogP contribution in [0.1, 0.15) is 12.5 Å². The summed E-state index contributed by atoms with van der Waals surface area (Å²) in [4.78, 5) is 0. The van der Waals surface area contributed by atoms with E-state index in [2.05, 4.69) is 29.5 Å². The maximum atomic E-state index is 9.34. The Kier molecular flexibility index (Phi) is 3.84. The summed E-state index contributed by atoms with van der Waals surface area (Å²) in [6.07, 6.45) is 0.997. The molecule has 0 saturated carbocycles. The van der Waals surface area contributed by atoms with E-state index in [0.29, 0.717) is 9.67 Å². The van der Waals surface area contributed by atoms with Crippen molar-refractivity contribution in [3.8, 4) is 11.5 Å². The van der Waals surface area contributed by atoms with Gasteiger partial charge in [0.2, 0.25) is 0 Å². The second-order valence-electron chi connectivity index (χ2n) is 2.99. The first kappa shape index (κ1) is 10.6. The quantitative estimate of drug-likeness (QED) is 0.685. The average Bonchev–Trinajstić information content (AvgIpc) is 2.07. The van der Waals surface area contributed by atoms with Gasteiger partial charge in [0, 0.05) is 3.92 Å². The van der Waals surface area contributed by atoms with Gasteiger partial charge in [-0.25, -0.2) is 0 Å². The first-order chi connectivity index (χ1) is 6.13. The number of benzene rings is 1. The number of halogens is 1. The standard InChI is InChI=1S/C10H13IO2/c1-7(11)5-8-3-4-9(12)10(6-8)13-2/h3-4,6-7,12H,5H2,1-2H3. The number of rotatable bonds is 3. The number of hydrogen-bond acceptors (Lipinski definition) is 2. The molecule has 3 heteroatoms. The van der Waals surface area contributed by atoms with Gasteiger partial charge in [-0.3, -0.25) is 0 Å². The van der Waals surface area contributed by atoms with Crippen LogP contribution in [0.5, 0.6) is 11.5 Å². The summed E-state index contributed by atoms with van der Waals surface area (Å²) < 4.78 is 5.60. The van der Waals surface area contributed by atoms with Gasteiger partial charge >= 0.3 is 0 Å². The minimum absolute atomic E-state index is 0.201. The third-order valence-electron chi connectivity index (χ3n) is 1.76. The van der Waals surface area contributed by atoms with Gasteiger partial charge in [-0.2, -0.15) is 0 Å². The van der Waals surface area contributed by atoms with E-state index >= 15 is 0 Å². The maximum Gasteiger partial charge on any atom is 0.160 e. The van der Waals surface area contributed by atoms with Crippen molar-refractivity contribution >= 4 is 22.6 Å². The third kappa shape index (κ3) is 3.06. The predicted octanol–water partition coefficient (Wildman–Crippen LogP) is 2.77. The van der Waals surface area contributed by atoms with Crippen LogP contribution in [0.2, 0.25) is 0 Å². The van der Waals surface area contributed by atoms with Crippen LogP contribution in [-0.4, -0.2) is 16.1 Å². The Morgan fingerprint density at radius 3 is 2.77 bits per heavy atom. The minimum atomic E-state index is 0.201. The summed E-state index contributed by atoms with van der Waals surface area (Å²) in [5, 5.41) is 9.34. The maximum absolute atomic E-state index is 9.34. The van der Waals surface area contributed by atoms with Gasteiger partial charge in [0.15, 0.2) is 11.5 Å². The molecule has 1 aromatic carbocycles. The van der Waals surface area contributed by atoms with Crippen LogP contribution >= 0.6 is 22.6 Å². The molecule has 0 aliphatic rings. The first-order valence-electron chi connectivity index (χ1n) is 4.13. The number of phenolic OH excluding ortho intramolecular Hbond substituents is 1. The Labute approximate surface area is 92.1 Å². The van der Waals surface area contributed by atoms with Gasteiger partial charge in [0.25, 0.3) is 0 Å². The van der Waals surface area contributed by atoms with Crippen LogP contribution < -0.4 is 4.74 Å². The highest BCUT2D eigenvalue weighted by Crippen LogP contribution is 2.27. The molecule has 0 radical (unpaired) electrons. The zero-order valence-electron chi connectivity index (χ0n) is 7.75. The molecule has 1 unspecified atom stereocenters. The number of phenols is 1. The Morgan fingerprint density at radius 1 is 1.54 bits per heavy atom. The summed E-state index contributed by atoms with van der Waals surface area (Å²) >= 11 is 2.38. The van der Waals surface area contributed by atoms with E-state index in [1.165, 1.54) is 5.56 Å². The second-order valence-corrected chi connectivity index (χ2v) is 5.12. The molecule has 1 atom stereocenters. The van der Waals surface area contributed by atoms with E-state index in [1.54, 1.807) is 13.2 Å². The Morgan fingerprint density at radius 2 is 2.23 bits per heavy atom. The van der Waals surface area contributed by atoms with E-state index < -0.39 is 0 Å². The highest BCUT2D eigenvalue weighted by molar-refractivity contribution is 14.1. The zero-order valence-corrected chi connectivity index (χ0v) is 9.91. The molecular formula is C10H13IO2. The van der Waals surface area contributed by atoms with Crippen LogP contribution in [0.25, 0.3) is 0 Å². The summed E-state index contributed by atoms with van der Waals surface area (Å²) in [5.74, 6) is 0.752. The molecule has 1 N–H and O–H groups in total. The fourth-order valence-corrected chi connectivity index (χ4v) is 1.68. The van der Waals surface area contributed by atoms with E-state index in [0.717, 1.165) is 6.42 Å². The van der Waals surface area contributed by atoms with Gasteiger partial charge in [-0.15, -0.1) is 0 Å². The zero-order chi connectivity index (χ0) is 9.84. The molecule has 72 valence electrons. The van der Waals surface area contributed by atoms with Crippen LogP contribution in [0.3, 0.4) is 0 Å². The van der Waals surface area contributed by atoms with E-state index in [9.17, 15) is 5.11 Å². The van der Waals surface area contributed by atoms with Crippen LogP contribution in [0.15, 0.2) is 18.2 Å². The van der Waals surface area contributed by atoms with Gasteiger partial charge < -0.3 is 9.84 Å². The van der Waals surface area contributed by atoms with E-state index in [-0.39, 0.29) is 5.75 Å². The van der Waals surface area contributed by atoms with Gasteiger partial charge in [-0.1, -0.05) is 35.6 Å². The molecule has 0 aliphatic heterocycles. The highest BCUT2D eigenvalue weighted by Gasteiger charge is 2.04. The number of alkyl halides is 1. The van der Waals surface area contributed by atoms with Gasteiger partial charge in [0.05, 0.1) is 7.11 Å². The smallest absolute Gasteiger partial charge is 0.160 e. The average molecular weight is 292 g/mol. The molecule has 0 aromatic heterocycles. The minimum Gasteiger partial charge on any atom is -0.504 e. The van der Waals surface area contributed by atoms with Crippen molar-refractivity contribution in [3.05, 3.63) is 23.8 Å². The molecule has 0 aliphatic carbocycles. The van der Waals surface area contributed by atoms with E-state index in [4.69, 9.17) is 4.74 Å². The molecule has 0 amide bonds. The monoisotopic (exact) mass is 292 g/mol. The Hall–Kier alpha value is -0.450. The number of hydrogen-bond donors (Lipinski definition) is 1. The molecule has 1 rings (SSSR count). The van der Waals surface area contributed by atoms with Crippen molar-refractivity contribution in [2.75, 3.05) is 7.11 Å². The van der Waals surface area contributed by atoms with Crippen molar-refractivity contribution in [1.82, 2.24) is 0 Å². The van der Waals surface area contributed by atoms with Crippen molar-refractivity contribution in [1.29, 1.82) is 0 Å². The Balaban J connectivity index is 2.86. The lowest BCUT2D eigenvalue weighted by atomic mass is 10.1.